The topological polar surface area (TPSA) is 99.1 Å². The highest BCUT2D eigenvalue weighted by Gasteiger charge is 2.13. The Labute approximate surface area is 135 Å². The Bertz CT molecular complexity index is 796. The fraction of sp³-hybridized carbons (Fsp3) is 0.214. The molecule has 2 heterocycles. The van der Waals surface area contributed by atoms with Gasteiger partial charge in [0.15, 0.2) is 10.8 Å². The average Bonchev–Trinajstić information content (AvgIpc) is 3.03. The molecule has 0 aliphatic rings. The van der Waals surface area contributed by atoms with Crippen LogP contribution in [0.4, 0.5) is 0 Å². The normalized spacial score (nSPS) is 10.5. The monoisotopic (exact) mass is 331 g/mol. The number of thiazole rings is 1. The SMILES string of the molecule is COc1nc(CNC(=O)c2nc3ccccc3s2)nc(OC)n1. The second kappa shape index (κ2) is 6.53. The number of nitrogens with one attached hydrogen (secondary N) is 1. The summed E-state index contributed by atoms with van der Waals surface area (Å²) >= 11 is 1.33. The van der Waals surface area contributed by atoms with Gasteiger partial charge in [0.25, 0.3) is 5.91 Å². The summed E-state index contributed by atoms with van der Waals surface area (Å²) in [6.07, 6.45) is 0. The van der Waals surface area contributed by atoms with Crippen molar-refractivity contribution in [2.75, 3.05) is 14.2 Å². The minimum Gasteiger partial charge on any atom is -0.467 e. The Morgan fingerprint density at radius 2 is 1.78 bits per heavy atom. The second-order valence-electron chi connectivity index (χ2n) is 4.39. The highest BCUT2D eigenvalue weighted by molar-refractivity contribution is 7.20. The first-order valence-corrected chi connectivity index (χ1v) is 7.48. The molecule has 1 aromatic carbocycles. The van der Waals surface area contributed by atoms with Crippen LogP contribution in [0.2, 0.25) is 0 Å². The van der Waals surface area contributed by atoms with Crippen molar-refractivity contribution in [1.29, 1.82) is 0 Å². The number of amides is 1. The van der Waals surface area contributed by atoms with Crippen molar-refractivity contribution >= 4 is 27.5 Å². The molecule has 3 aromatic rings. The van der Waals surface area contributed by atoms with Gasteiger partial charge in [-0.2, -0.15) is 9.97 Å². The molecule has 1 N–H and O–H groups in total. The number of hydrogen-bond acceptors (Lipinski definition) is 8. The standard InChI is InChI=1S/C14H13N5O3S/c1-21-13-17-10(18-14(19-13)22-2)7-15-11(20)12-16-8-5-3-4-6-9(8)23-12/h3-6H,7H2,1-2H3,(H,15,20). The van der Waals surface area contributed by atoms with Crippen LogP contribution >= 0.6 is 11.3 Å². The summed E-state index contributed by atoms with van der Waals surface area (Å²) in [5, 5.41) is 3.11. The molecule has 118 valence electrons. The number of hydrogen-bond donors (Lipinski definition) is 1. The third kappa shape index (κ3) is 3.34. The number of para-hydroxylation sites is 1. The van der Waals surface area contributed by atoms with Crippen LogP contribution in [0.5, 0.6) is 12.0 Å². The van der Waals surface area contributed by atoms with Gasteiger partial charge in [-0.3, -0.25) is 4.79 Å². The lowest BCUT2D eigenvalue weighted by molar-refractivity contribution is 0.0949. The van der Waals surface area contributed by atoms with Gasteiger partial charge < -0.3 is 14.8 Å². The lowest BCUT2D eigenvalue weighted by atomic mass is 10.3. The van der Waals surface area contributed by atoms with Crippen molar-refractivity contribution in [3.8, 4) is 12.0 Å². The van der Waals surface area contributed by atoms with E-state index in [2.05, 4.69) is 25.3 Å². The molecule has 0 bridgehead atoms. The van der Waals surface area contributed by atoms with Crippen molar-refractivity contribution in [3.63, 3.8) is 0 Å². The highest BCUT2D eigenvalue weighted by Crippen LogP contribution is 2.21. The van der Waals surface area contributed by atoms with E-state index in [1.165, 1.54) is 25.6 Å². The smallest absolute Gasteiger partial charge is 0.322 e. The van der Waals surface area contributed by atoms with Gasteiger partial charge in [0.05, 0.1) is 31.0 Å². The van der Waals surface area contributed by atoms with E-state index < -0.39 is 0 Å². The zero-order chi connectivity index (χ0) is 16.2. The van der Waals surface area contributed by atoms with Crippen LogP contribution in [0.1, 0.15) is 15.6 Å². The fourth-order valence-corrected chi connectivity index (χ4v) is 2.73. The van der Waals surface area contributed by atoms with Gasteiger partial charge in [-0.05, 0) is 12.1 Å². The first-order valence-electron chi connectivity index (χ1n) is 6.66. The Kier molecular flexibility index (Phi) is 4.29. The summed E-state index contributed by atoms with van der Waals surface area (Å²) in [5.41, 5.74) is 0.797. The van der Waals surface area contributed by atoms with Crippen LogP contribution in [-0.4, -0.2) is 40.1 Å². The maximum absolute atomic E-state index is 12.2. The molecule has 1 amide bonds. The molecule has 9 heteroatoms. The Morgan fingerprint density at radius 3 is 2.43 bits per heavy atom. The minimum absolute atomic E-state index is 0.115. The Balaban J connectivity index is 1.73. The molecule has 2 aromatic heterocycles. The van der Waals surface area contributed by atoms with Crippen LogP contribution in [0, 0.1) is 0 Å². The maximum atomic E-state index is 12.2. The van der Waals surface area contributed by atoms with Crippen molar-refractivity contribution in [1.82, 2.24) is 25.3 Å². The molecule has 3 rings (SSSR count). The summed E-state index contributed by atoms with van der Waals surface area (Å²) in [6.45, 7) is 0.115. The quantitative estimate of drug-likeness (QED) is 0.755. The molecule has 0 spiro atoms. The van der Waals surface area contributed by atoms with Gasteiger partial charge >= 0.3 is 12.0 Å². The van der Waals surface area contributed by atoms with E-state index in [-0.39, 0.29) is 24.5 Å². The molecule has 23 heavy (non-hydrogen) atoms. The molecule has 0 saturated heterocycles. The van der Waals surface area contributed by atoms with Gasteiger partial charge in [-0.25, -0.2) is 4.98 Å². The van der Waals surface area contributed by atoms with Gasteiger partial charge in [-0.1, -0.05) is 12.1 Å². The van der Waals surface area contributed by atoms with Crippen LogP contribution in [0.25, 0.3) is 10.2 Å². The van der Waals surface area contributed by atoms with Gasteiger partial charge in [0.2, 0.25) is 0 Å². The van der Waals surface area contributed by atoms with Crippen molar-refractivity contribution < 1.29 is 14.3 Å². The van der Waals surface area contributed by atoms with Gasteiger partial charge in [-0.15, -0.1) is 16.3 Å². The second-order valence-corrected chi connectivity index (χ2v) is 5.43. The van der Waals surface area contributed by atoms with Crippen LogP contribution in [0.15, 0.2) is 24.3 Å². The number of ether oxygens (including phenoxy) is 2. The molecule has 0 aliphatic heterocycles. The van der Waals surface area contributed by atoms with E-state index in [4.69, 9.17) is 9.47 Å². The van der Waals surface area contributed by atoms with Crippen molar-refractivity contribution in [3.05, 3.63) is 35.1 Å². The fourth-order valence-electron chi connectivity index (χ4n) is 1.84. The first-order chi connectivity index (χ1) is 11.2. The third-order valence-corrected chi connectivity index (χ3v) is 3.94. The Morgan fingerprint density at radius 1 is 1.09 bits per heavy atom. The van der Waals surface area contributed by atoms with E-state index in [0.29, 0.717) is 10.8 Å². The largest absolute Gasteiger partial charge is 0.467 e. The summed E-state index contributed by atoms with van der Waals surface area (Å²) in [4.78, 5) is 28.5. The molecule has 0 radical (unpaired) electrons. The van der Waals surface area contributed by atoms with Crippen LogP contribution in [0.3, 0.4) is 0 Å². The van der Waals surface area contributed by atoms with Crippen LogP contribution < -0.4 is 14.8 Å². The van der Waals surface area contributed by atoms with E-state index >= 15 is 0 Å². The molecule has 0 fully saturated rings. The third-order valence-electron chi connectivity index (χ3n) is 2.90. The van der Waals surface area contributed by atoms with Crippen LogP contribution in [-0.2, 0) is 6.54 Å². The first kappa shape index (κ1) is 15.1. The molecule has 0 unspecified atom stereocenters. The number of rotatable bonds is 5. The summed E-state index contributed by atoms with van der Waals surface area (Å²) in [6, 6.07) is 7.83. The number of nitrogens with zero attached hydrogens (tertiary/aromatic N) is 4. The molecule has 0 saturated carbocycles. The predicted molar refractivity (Wildman–Crippen MR) is 83.7 cm³/mol. The molecule has 0 aliphatic carbocycles. The van der Waals surface area contributed by atoms with Gasteiger partial charge in [0.1, 0.15) is 0 Å². The lowest BCUT2D eigenvalue weighted by Gasteiger charge is -2.05. The zero-order valence-electron chi connectivity index (χ0n) is 12.4. The molecular formula is C14H13N5O3S. The molecule has 8 nitrogen and oxygen atoms in total. The number of carbonyl (C=O) groups excluding carboxylic acids is 1. The summed E-state index contributed by atoms with van der Waals surface area (Å²) < 4.78 is 10.9. The minimum atomic E-state index is -0.287. The highest BCUT2D eigenvalue weighted by atomic mass is 32.1. The number of aromatic nitrogens is 4. The average molecular weight is 331 g/mol. The summed E-state index contributed by atoms with van der Waals surface area (Å²) in [7, 11) is 2.89. The number of fused-ring (bicyclic) bond motifs is 1. The predicted octanol–water partition coefficient (Wildman–Crippen LogP) is 1.43. The van der Waals surface area contributed by atoms with E-state index in [1.54, 1.807) is 0 Å². The van der Waals surface area contributed by atoms with E-state index in [1.807, 2.05) is 24.3 Å². The van der Waals surface area contributed by atoms with E-state index in [0.717, 1.165) is 10.2 Å². The van der Waals surface area contributed by atoms with Gasteiger partial charge in [0, 0.05) is 0 Å². The van der Waals surface area contributed by atoms with Crippen molar-refractivity contribution in [2.24, 2.45) is 0 Å². The number of benzene rings is 1. The number of methoxy groups -OCH3 is 2. The van der Waals surface area contributed by atoms with E-state index in [9.17, 15) is 4.79 Å². The lowest BCUT2D eigenvalue weighted by Crippen LogP contribution is -2.24. The Hall–Kier alpha value is -2.81. The van der Waals surface area contributed by atoms with Crippen molar-refractivity contribution in [2.45, 2.75) is 6.54 Å². The molecular weight excluding hydrogens is 318 g/mol. The maximum Gasteiger partial charge on any atom is 0.322 e. The zero-order valence-corrected chi connectivity index (χ0v) is 13.3. The molecule has 0 atom stereocenters. The summed E-state index contributed by atoms with van der Waals surface area (Å²) in [5.74, 6) is 0.0488. The number of carbonyl (C=O) groups is 1.